The molecule has 1 aromatic rings. The Balaban J connectivity index is 1.40. The summed E-state index contributed by atoms with van der Waals surface area (Å²) in [5.41, 5.74) is -0.181. The summed E-state index contributed by atoms with van der Waals surface area (Å²) in [6, 6.07) is 3.18. The summed E-state index contributed by atoms with van der Waals surface area (Å²) in [5, 5.41) is 0.758. The molecule has 0 radical (unpaired) electrons. The molecule has 3 aliphatic rings. The number of hydrogen-bond donors (Lipinski definition) is 0. The predicted molar refractivity (Wildman–Crippen MR) is 110 cm³/mol. The fourth-order valence-corrected chi connectivity index (χ4v) is 5.16. The van der Waals surface area contributed by atoms with Crippen molar-refractivity contribution in [2.45, 2.75) is 44.6 Å². The summed E-state index contributed by atoms with van der Waals surface area (Å²) in [5.74, 6) is 0.562. The van der Waals surface area contributed by atoms with Gasteiger partial charge in [0, 0.05) is 56.9 Å². The molecular weight excluding hydrogens is 415 g/mol. The van der Waals surface area contributed by atoms with Gasteiger partial charge in [0.2, 0.25) is 11.8 Å². The second-order valence-electron chi connectivity index (χ2n) is 8.25. The summed E-state index contributed by atoms with van der Waals surface area (Å²) in [6.07, 6.45) is 2.87. The van der Waals surface area contributed by atoms with E-state index in [4.69, 9.17) is 27.9 Å². The number of hydrogen-bond acceptors (Lipinski definition) is 4. The number of ether oxygens (including phenoxy) is 1. The van der Waals surface area contributed by atoms with Crippen LogP contribution in [0.4, 0.5) is 0 Å². The van der Waals surface area contributed by atoms with Gasteiger partial charge in [0.25, 0.3) is 0 Å². The molecular formula is C21H24Cl2N2O4. The summed E-state index contributed by atoms with van der Waals surface area (Å²) in [4.78, 5) is 40.8. The highest BCUT2D eigenvalue weighted by molar-refractivity contribution is 6.36. The lowest BCUT2D eigenvalue weighted by atomic mass is 9.82. The van der Waals surface area contributed by atoms with Gasteiger partial charge in [-0.2, -0.15) is 0 Å². The van der Waals surface area contributed by atoms with Crippen molar-refractivity contribution in [1.29, 1.82) is 0 Å². The first-order chi connectivity index (χ1) is 13.8. The van der Waals surface area contributed by atoms with E-state index in [0.29, 0.717) is 73.2 Å². The smallest absolute Gasteiger partial charge is 0.225 e. The van der Waals surface area contributed by atoms with Crippen LogP contribution in [0.5, 0.6) is 5.75 Å². The van der Waals surface area contributed by atoms with Gasteiger partial charge in [-0.05, 0) is 25.0 Å². The Kier molecular flexibility index (Phi) is 5.51. The van der Waals surface area contributed by atoms with Crippen molar-refractivity contribution in [2.75, 3.05) is 26.2 Å². The zero-order chi connectivity index (χ0) is 20.8. The first-order valence-corrected chi connectivity index (χ1v) is 10.8. The quantitative estimate of drug-likeness (QED) is 0.671. The molecule has 0 aliphatic carbocycles. The first kappa shape index (κ1) is 20.5. The minimum atomic E-state index is -0.615. The molecule has 29 heavy (non-hydrogen) atoms. The summed E-state index contributed by atoms with van der Waals surface area (Å²) in [6.45, 7) is 3.95. The topological polar surface area (TPSA) is 66.9 Å². The second-order valence-corrected chi connectivity index (χ2v) is 9.10. The maximum atomic E-state index is 12.9. The number of rotatable bonds is 1. The van der Waals surface area contributed by atoms with Crippen molar-refractivity contribution in [2.24, 2.45) is 5.92 Å². The van der Waals surface area contributed by atoms with Gasteiger partial charge >= 0.3 is 0 Å². The average molecular weight is 439 g/mol. The monoisotopic (exact) mass is 438 g/mol. The molecule has 0 bridgehead atoms. The standard InChI is InChI=1S/C21H24Cl2N2O4/c1-13(26)24-6-2-14(3-7-24)20(28)25-8-4-21(5-9-25)12-18(27)16-10-15(22)11-17(23)19(16)29-21/h10-11,14H,2-9,12H2,1H3. The number of carbonyl (C=O) groups excluding carboxylic acids is 3. The molecule has 3 heterocycles. The van der Waals surface area contributed by atoms with E-state index in [1.54, 1.807) is 24.0 Å². The number of ketones is 1. The van der Waals surface area contributed by atoms with Crippen LogP contribution in [0.3, 0.4) is 0 Å². The number of likely N-dealkylation sites (tertiary alicyclic amines) is 2. The molecule has 2 fully saturated rings. The van der Waals surface area contributed by atoms with Crippen LogP contribution in [0.25, 0.3) is 0 Å². The summed E-state index contributed by atoms with van der Waals surface area (Å²) >= 11 is 12.3. The zero-order valence-electron chi connectivity index (χ0n) is 16.4. The van der Waals surface area contributed by atoms with Crippen molar-refractivity contribution < 1.29 is 19.1 Å². The summed E-state index contributed by atoms with van der Waals surface area (Å²) < 4.78 is 6.24. The number of amides is 2. The predicted octanol–water partition coefficient (Wildman–Crippen LogP) is 3.58. The number of halogens is 2. The first-order valence-electron chi connectivity index (χ1n) is 10.0. The van der Waals surface area contributed by atoms with E-state index in [9.17, 15) is 14.4 Å². The fraction of sp³-hybridized carbons (Fsp3) is 0.571. The largest absolute Gasteiger partial charge is 0.484 e. The lowest BCUT2D eigenvalue weighted by Crippen LogP contribution is -2.54. The van der Waals surface area contributed by atoms with E-state index in [1.165, 1.54) is 0 Å². The normalized spacial score (nSPS) is 21.7. The molecule has 2 amide bonds. The number of Topliss-reactive ketones (excluding diaryl/α,β-unsaturated/α-hetero) is 1. The summed E-state index contributed by atoms with van der Waals surface area (Å²) in [7, 11) is 0. The third kappa shape index (κ3) is 3.97. The molecule has 8 heteroatoms. The lowest BCUT2D eigenvalue weighted by Gasteiger charge is -2.45. The van der Waals surface area contributed by atoms with Crippen LogP contribution in [0.1, 0.15) is 49.4 Å². The molecule has 2 saturated heterocycles. The number of piperidine rings is 2. The Hall–Kier alpha value is -1.79. The SMILES string of the molecule is CC(=O)N1CCC(C(=O)N2CCC3(CC2)CC(=O)c2cc(Cl)cc(Cl)c2O3)CC1. The number of carbonyl (C=O) groups is 3. The number of benzene rings is 1. The molecule has 0 aromatic heterocycles. The van der Waals surface area contributed by atoms with Crippen molar-refractivity contribution in [1.82, 2.24) is 9.80 Å². The molecule has 0 saturated carbocycles. The Bertz CT molecular complexity index is 856. The average Bonchev–Trinajstić information content (AvgIpc) is 2.69. The molecule has 156 valence electrons. The molecule has 4 rings (SSSR count). The van der Waals surface area contributed by atoms with Crippen LogP contribution in [-0.4, -0.2) is 59.2 Å². The highest BCUT2D eigenvalue weighted by atomic mass is 35.5. The van der Waals surface area contributed by atoms with Gasteiger partial charge < -0.3 is 14.5 Å². The van der Waals surface area contributed by atoms with E-state index in [0.717, 1.165) is 0 Å². The van der Waals surface area contributed by atoms with E-state index < -0.39 is 5.60 Å². The highest BCUT2D eigenvalue weighted by Gasteiger charge is 2.45. The Morgan fingerprint density at radius 2 is 1.72 bits per heavy atom. The maximum absolute atomic E-state index is 12.9. The molecule has 1 spiro atoms. The van der Waals surface area contributed by atoms with Crippen LogP contribution in [0, 0.1) is 5.92 Å². The minimum absolute atomic E-state index is 0.0213. The molecule has 0 N–H and O–H groups in total. The van der Waals surface area contributed by atoms with E-state index in [-0.39, 0.29) is 29.9 Å². The Morgan fingerprint density at radius 3 is 2.34 bits per heavy atom. The van der Waals surface area contributed by atoms with Crippen LogP contribution < -0.4 is 4.74 Å². The number of fused-ring (bicyclic) bond motifs is 1. The minimum Gasteiger partial charge on any atom is -0.484 e. The van der Waals surface area contributed by atoms with Gasteiger partial charge in [0.15, 0.2) is 5.78 Å². The van der Waals surface area contributed by atoms with Crippen molar-refractivity contribution >= 4 is 40.8 Å². The molecule has 3 aliphatic heterocycles. The fourth-order valence-electron chi connectivity index (χ4n) is 4.62. The zero-order valence-corrected chi connectivity index (χ0v) is 17.9. The molecule has 6 nitrogen and oxygen atoms in total. The molecule has 0 atom stereocenters. The van der Waals surface area contributed by atoms with Gasteiger partial charge in [-0.1, -0.05) is 23.2 Å². The van der Waals surface area contributed by atoms with Gasteiger partial charge in [-0.3, -0.25) is 14.4 Å². The molecule has 0 unspecified atom stereocenters. The van der Waals surface area contributed by atoms with Crippen LogP contribution >= 0.6 is 23.2 Å². The Labute approximate surface area is 180 Å². The van der Waals surface area contributed by atoms with Crippen LogP contribution in [0.15, 0.2) is 12.1 Å². The van der Waals surface area contributed by atoms with Gasteiger partial charge in [0.1, 0.15) is 11.4 Å². The highest BCUT2D eigenvalue weighted by Crippen LogP contribution is 2.44. The van der Waals surface area contributed by atoms with Crippen molar-refractivity contribution in [3.8, 4) is 5.75 Å². The van der Waals surface area contributed by atoms with Gasteiger partial charge in [0.05, 0.1) is 17.0 Å². The van der Waals surface area contributed by atoms with Gasteiger partial charge in [-0.15, -0.1) is 0 Å². The van der Waals surface area contributed by atoms with Gasteiger partial charge in [-0.25, -0.2) is 0 Å². The van der Waals surface area contributed by atoms with E-state index >= 15 is 0 Å². The van der Waals surface area contributed by atoms with Crippen LogP contribution in [-0.2, 0) is 9.59 Å². The van der Waals surface area contributed by atoms with E-state index in [2.05, 4.69) is 0 Å². The molecule has 1 aromatic carbocycles. The Morgan fingerprint density at radius 1 is 1.07 bits per heavy atom. The maximum Gasteiger partial charge on any atom is 0.225 e. The number of nitrogens with zero attached hydrogens (tertiary/aromatic N) is 2. The second kappa shape index (κ2) is 7.80. The van der Waals surface area contributed by atoms with Crippen molar-refractivity contribution in [3.05, 3.63) is 27.7 Å². The lowest BCUT2D eigenvalue weighted by molar-refractivity contribution is -0.143. The van der Waals surface area contributed by atoms with Crippen molar-refractivity contribution in [3.63, 3.8) is 0 Å². The van der Waals surface area contributed by atoms with E-state index in [1.807, 2.05) is 4.90 Å². The third-order valence-corrected chi connectivity index (χ3v) is 6.88. The third-order valence-electron chi connectivity index (χ3n) is 6.39. The van der Waals surface area contributed by atoms with Crippen LogP contribution in [0.2, 0.25) is 10.0 Å².